The van der Waals surface area contributed by atoms with E-state index in [1.807, 2.05) is 0 Å². The van der Waals surface area contributed by atoms with Gasteiger partial charge >= 0.3 is 0 Å². The molecule has 0 aromatic rings. The molecule has 0 heterocycles. The first-order valence-corrected chi connectivity index (χ1v) is 12.9. The standard InChI is InChI=1S/C24H37Cl2F2NO4/c1-2-32-21(30)12-14-6-8-19(18(27)11-14)29-24(31)22-17(26)7-9-20(23(22)28)33-13-15-4-3-5-16(25)10-15/h7,9,11,15-24,29-31H,2-6,8,10,12-13H2,1H3. The summed E-state index contributed by atoms with van der Waals surface area (Å²) in [5.74, 6) is -0.667. The second kappa shape index (κ2) is 13.1. The lowest BCUT2D eigenvalue weighted by Crippen LogP contribution is -2.54. The van der Waals surface area contributed by atoms with Gasteiger partial charge in [0.05, 0.1) is 17.9 Å². The third-order valence-corrected chi connectivity index (χ3v) is 7.71. The Morgan fingerprint density at radius 2 is 1.97 bits per heavy atom. The van der Waals surface area contributed by atoms with Crippen LogP contribution in [0.2, 0.25) is 0 Å². The topological polar surface area (TPSA) is 71.0 Å². The van der Waals surface area contributed by atoms with Crippen LogP contribution in [0.25, 0.3) is 0 Å². The summed E-state index contributed by atoms with van der Waals surface area (Å²) in [4.78, 5) is 0. The van der Waals surface area contributed by atoms with Gasteiger partial charge in [-0.1, -0.05) is 24.1 Å². The molecule has 3 aliphatic carbocycles. The molecule has 0 aliphatic heterocycles. The van der Waals surface area contributed by atoms with Gasteiger partial charge in [0.15, 0.2) is 6.29 Å². The van der Waals surface area contributed by atoms with Crippen LogP contribution in [0, 0.1) is 11.8 Å². The number of allylic oxidation sites excluding steroid dienone is 1. The Labute approximate surface area is 205 Å². The number of nitrogens with one attached hydrogen (secondary N) is 1. The highest BCUT2D eigenvalue weighted by molar-refractivity contribution is 6.22. The minimum absolute atomic E-state index is 0.141. The van der Waals surface area contributed by atoms with E-state index in [2.05, 4.69) is 5.32 Å². The van der Waals surface area contributed by atoms with E-state index >= 15 is 4.39 Å². The lowest BCUT2D eigenvalue weighted by molar-refractivity contribution is -0.0934. The predicted octanol–water partition coefficient (Wildman–Crippen LogP) is 4.38. The Bertz CT molecular complexity index is 670. The molecule has 33 heavy (non-hydrogen) atoms. The van der Waals surface area contributed by atoms with Gasteiger partial charge in [0.25, 0.3) is 0 Å². The normalized spacial score (nSPS) is 39.2. The largest absolute Gasteiger partial charge is 0.378 e. The van der Waals surface area contributed by atoms with Crippen LogP contribution < -0.4 is 5.32 Å². The summed E-state index contributed by atoms with van der Waals surface area (Å²) in [6.45, 7) is 2.57. The molecule has 0 amide bonds. The Balaban J connectivity index is 1.52. The van der Waals surface area contributed by atoms with Crippen LogP contribution in [0.3, 0.4) is 0 Å². The van der Waals surface area contributed by atoms with Gasteiger partial charge in [-0.3, -0.25) is 5.32 Å². The van der Waals surface area contributed by atoms with Crippen molar-refractivity contribution in [2.45, 2.75) is 99.6 Å². The highest BCUT2D eigenvalue weighted by Crippen LogP contribution is 2.34. The van der Waals surface area contributed by atoms with Crippen molar-refractivity contribution in [3.63, 3.8) is 0 Å². The van der Waals surface area contributed by atoms with E-state index in [1.165, 1.54) is 6.08 Å². The van der Waals surface area contributed by atoms with Crippen molar-refractivity contribution in [3.05, 3.63) is 23.8 Å². The van der Waals surface area contributed by atoms with Gasteiger partial charge in [0, 0.05) is 24.4 Å². The minimum atomic E-state index is -1.52. The van der Waals surface area contributed by atoms with Crippen LogP contribution in [0.1, 0.15) is 51.9 Å². The van der Waals surface area contributed by atoms with Crippen LogP contribution in [0.15, 0.2) is 23.8 Å². The summed E-state index contributed by atoms with van der Waals surface area (Å²) in [5.41, 5.74) is 0.769. The number of aliphatic hydroxyl groups is 2. The number of ether oxygens (including phenoxy) is 2. The summed E-state index contributed by atoms with van der Waals surface area (Å²) < 4.78 is 41.0. The fraction of sp³-hybridized carbons (Fsp3) is 0.833. The summed E-state index contributed by atoms with van der Waals surface area (Å²) in [6.07, 6.45) is 3.85. The fourth-order valence-corrected chi connectivity index (χ4v) is 5.81. The average Bonchev–Trinajstić information content (AvgIpc) is 2.75. The molecule has 0 aromatic carbocycles. The molecule has 9 heteroatoms. The molecular weight excluding hydrogens is 475 g/mol. The molecule has 3 rings (SSSR count). The molecule has 10 atom stereocenters. The van der Waals surface area contributed by atoms with E-state index in [4.69, 9.17) is 32.7 Å². The van der Waals surface area contributed by atoms with E-state index in [0.29, 0.717) is 32.0 Å². The van der Waals surface area contributed by atoms with Crippen molar-refractivity contribution < 1.29 is 28.5 Å². The van der Waals surface area contributed by atoms with Crippen molar-refractivity contribution in [1.82, 2.24) is 5.32 Å². The smallest absolute Gasteiger partial charge is 0.158 e. The van der Waals surface area contributed by atoms with Gasteiger partial charge in [0.2, 0.25) is 0 Å². The zero-order valence-electron chi connectivity index (χ0n) is 19.1. The van der Waals surface area contributed by atoms with Gasteiger partial charge in [0.1, 0.15) is 24.7 Å². The monoisotopic (exact) mass is 511 g/mol. The van der Waals surface area contributed by atoms with Crippen molar-refractivity contribution in [3.8, 4) is 0 Å². The Kier molecular flexibility index (Phi) is 10.9. The molecule has 0 aromatic heterocycles. The number of aliphatic hydroxyl groups excluding tert-OH is 2. The molecule has 3 aliphatic rings. The third kappa shape index (κ3) is 7.86. The van der Waals surface area contributed by atoms with Crippen LogP contribution >= 0.6 is 23.2 Å². The molecule has 0 spiro atoms. The number of halogens is 4. The van der Waals surface area contributed by atoms with E-state index in [-0.39, 0.29) is 11.8 Å². The summed E-state index contributed by atoms with van der Waals surface area (Å²) in [5, 5.41) is 22.8. The number of hydrogen-bond donors (Lipinski definition) is 3. The van der Waals surface area contributed by atoms with Gasteiger partial charge in [-0.2, -0.15) is 0 Å². The molecule has 3 N–H and O–H groups in total. The average molecular weight is 512 g/mol. The molecule has 0 radical (unpaired) electrons. The first-order chi connectivity index (χ1) is 15.8. The lowest BCUT2D eigenvalue weighted by Gasteiger charge is -2.38. The van der Waals surface area contributed by atoms with Gasteiger partial charge in [-0.25, -0.2) is 8.78 Å². The quantitative estimate of drug-likeness (QED) is 0.230. The second-order valence-corrected chi connectivity index (χ2v) is 10.5. The Hall–Kier alpha value is -0.280. The van der Waals surface area contributed by atoms with Crippen LogP contribution in [0.4, 0.5) is 8.78 Å². The first-order valence-electron chi connectivity index (χ1n) is 12.1. The Morgan fingerprint density at radius 3 is 2.67 bits per heavy atom. The first kappa shape index (κ1) is 27.3. The highest BCUT2D eigenvalue weighted by atomic mass is 35.5. The maximum atomic E-state index is 15.3. The SMILES string of the molecule is CCOC(O)CC1=CC(F)C(NC(O)C2C(Cl)C=CC(OCC3CCCC(Cl)C3)C2F)CC1. The van der Waals surface area contributed by atoms with Gasteiger partial charge < -0.3 is 19.7 Å². The van der Waals surface area contributed by atoms with E-state index in [9.17, 15) is 14.6 Å². The van der Waals surface area contributed by atoms with Crippen molar-refractivity contribution in [1.29, 1.82) is 0 Å². The van der Waals surface area contributed by atoms with E-state index < -0.39 is 48.3 Å². The van der Waals surface area contributed by atoms with Crippen molar-refractivity contribution in [2.75, 3.05) is 13.2 Å². The van der Waals surface area contributed by atoms with E-state index in [0.717, 1.165) is 31.3 Å². The van der Waals surface area contributed by atoms with Gasteiger partial charge in [-0.05, 0) is 51.0 Å². The summed E-state index contributed by atoms with van der Waals surface area (Å²) in [6, 6.07) is -0.669. The zero-order chi connectivity index (χ0) is 24.0. The lowest BCUT2D eigenvalue weighted by atomic mass is 9.86. The third-order valence-electron chi connectivity index (χ3n) is 6.88. The molecule has 10 unspecified atom stereocenters. The minimum Gasteiger partial charge on any atom is -0.378 e. The molecule has 0 saturated heterocycles. The molecule has 0 bridgehead atoms. The second-order valence-electron chi connectivity index (χ2n) is 9.42. The molecule has 190 valence electrons. The van der Waals surface area contributed by atoms with E-state index in [1.54, 1.807) is 19.1 Å². The Morgan fingerprint density at radius 1 is 1.18 bits per heavy atom. The van der Waals surface area contributed by atoms with Gasteiger partial charge in [-0.15, -0.1) is 23.2 Å². The molecular formula is C24H37Cl2F2NO4. The molecule has 1 fully saturated rings. The van der Waals surface area contributed by atoms with Crippen LogP contribution in [-0.2, 0) is 9.47 Å². The molecule has 5 nitrogen and oxygen atoms in total. The van der Waals surface area contributed by atoms with Crippen molar-refractivity contribution >= 4 is 23.2 Å². The summed E-state index contributed by atoms with van der Waals surface area (Å²) >= 11 is 12.6. The van der Waals surface area contributed by atoms with Crippen molar-refractivity contribution in [2.24, 2.45) is 11.8 Å². The fourth-order valence-electron chi connectivity index (χ4n) is 5.04. The zero-order valence-corrected chi connectivity index (χ0v) is 20.6. The van der Waals surface area contributed by atoms with Crippen LogP contribution in [0.5, 0.6) is 0 Å². The number of rotatable bonds is 10. The number of alkyl halides is 4. The maximum Gasteiger partial charge on any atom is 0.158 e. The highest BCUT2D eigenvalue weighted by Gasteiger charge is 2.42. The number of hydrogen-bond acceptors (Lipinski definition) is 5. The maximum absolute atomic E-state index is 15.3. The predicted molar refractivity (Wildman–Crippen MR) is 126 cm³/mol. The molecule has 1 saturated carbocycles. The summed E-state index contributed by atoms with van der Waals surface area (Å²) in [7, 11) is 0. The van der Waals surface area contributed by atoms with Crippen LogP contribution in [-0.4, -0.2) is 71.2 Å².